The summed E-state index contributed by atoms with van der Waals surface area (Å²) in [7, 11) is 2.03. The van der Waals surface area contributed by atoms with E-state index in [-0.39, 0.29) is 30.7 Å². The first-order chi connectivity index (χ1) is 10.6. The van der Waals surface area contributed by atoms with E-state index < -0.39 is 6.04 Å². The Morgan fingerprint density at radius 3 is 2.75 bits per heavy atom. The van der Waals surface area contributed by atoms with Crippen LogP contribution in [0, 0.1) is 0 Å². The Bertz CT molecular complexity index is 636. The summed E-state index contributed by atoms with van der Waals surface area (Å²) in [6.45, 7) is 0.634. The Kier molecular flexibility index (Phi) is 11.1. The van der Waals surface area contributed by atoms with Crippen LogP contribution in [0.4, 0.5) is 0 Å². The fraction of sp³-hybridized carbons (Fsp3) is 0.500. The first-order valence-electron chi connectivity index (χ1n) is 7.56. The Morgan fingerprint density at radius 1 is 1.38 bits per heavy atom. The maximum Gasteiger partial charge on any atom is 0.236 e. The number of carbonyl (C=O) groups is 1. The van der Waals surface area contributed by atoms with Crippen molar-refractivity contribution in [3.05, 3.63) is 30.1 Å². The summed E-state index contributed by atoms with van der Waals surface area (Å²) in [4.78, 5) is 16.4. The van der Waals surface area contributed by atoms with E-state index in [0.29, 0.717) is 6.54 Å². The molecule has 0 saturated carbocycles. The average Bonchev–Trinajstić information content (AvgIpc) is 2.85. The van der Waals surface area contributed by atoms with Crippen LogP contribution in [0.3, 0.4) is 0 Å². The first-order valence-corrected chi connectivity index (χ1v) is 8.95. The molecule has 2 aromatic rings. The fourth-order valence-corrected chi connectivity index (χ4v) is 2.87. The number of nitrogens with zero attached hydrogens (tertiary/aromatic N) is 2. The van der Waals surface area contributed by atoms with Crippen molar-refractivity contribution in [2.24, 2.45) is 12.8 Å². The maximum absolute atomic E-state index is 11.8. The highest BCUT2D eigenvalue weighted by Crippen LogP contribution is 2.14. The Balaban J connectivity index is 0.00000264. The molecule has 3 N–H and O–H groups in total. The molecule has 0 radical (unpaired) electrons. The maximum atomic E-state index is 11.8. The van der Waals surface area contributed by atoms with Crippen molar-refractivity contribution in [3.63, 3.8) is 0 Å². The van der Waals surface area contributed by atoms with Gasteiger partial charge in [-0.3, -0.25) is 4.79 Å². The molecule has 1 aromatic heterocycles. The molecule has 2 rings (SSSR count). The molecule has 8 heteroatoms. The zero-order chi connectivity index (χ0) is 15.9. The summed E-state index contributed by atoms with van der Waals surface area (Å²) in [5.41, 5.74) is 7.99. The number of rotatable bonds is 8. The lowest BCUT2D eigenvalue weighted by Crippen LogP contribution is -2.41. The summed E-state index contributed by atoms with van der Waals surface area (Å²) >= 11 is 1.71. The number of carbonyl (C=O) groups excluding carboxylic acids is 1. The fourth-order valence-electron chi connectivity index (χ4n) is 2.38. The molecule has 1 aromatic carbocycles. The van der Waals surface area contributed by atoms with Gasteiger partial charge in [-0.1, -0.05) is 12.1 Å². The van der Waals surface area contributed by atoms with E-state index in [9.17, 15) is 4.79 Å². The standard InChI is InChI=1S/C16H24N4OS.2ClH/c1-20-14-7-4-3-6-13(14)19-15(20)8-5-10-18-16(21)12(17)9-11-22-2;;/h3-4,6-7,12H,5,8-11,17H2,1-2H3,(H,18,21);2*1H/t12-;;/m0../s1. The van der Waals surface area contributed by atoms with E-state index in [1.165, 1.54) is 0 Å². The minimum atomic E-state index is -0.400. The van der Waals surface area contributed by atoms with Crippen LogP contribution in [0.25, 0.3) is 11.0 Å². The zero-order valence-corrected chi connectivity index (χ0v) is 16.5. The van der Waals surface area contributed by atoms with Gasteiger partial charge in [0.05, 0.1) is 17.1 Å². The summed E-state index contributed by atoms with van der Waals surface area (Å²) in [5.74, 6) is 1.90. The van der Waals surface area contributed by atoms with Gasteiger partial charge >= 0.3 is 0 Å². The van der Waals surface area contributed by atoms with Crippen molar-refractivity contribution in [2.75, 3.05) is 18.6 Å². The number of nitrogens with two attached hydrogens (primary N) is 1. The number of amides is 1. The van der Waals surface area contributed by atoms with Gasteiger partial charge in [-0.25, -0.2) is 4.98 Å². The second-order valence-corrected chi connectivity index (χ2v) is 6.34. The SMILES string of the molecule is CSCC[C@H](N)C(=O)NCCCc1nc2ccccc2n1C.Cl.Cl. The molecule has 0 aliphatic heterocycles. The van der Waals surface area contributed by atoms with Crippen molar-refractivity contribution in [1.82, 2.24) is 14.9 Å². The smallest absolute Gasteiger partial charge is 0.236 e. The third-order valence-electron chi connectivity index (χ3n) is 3.73. The van der Waals surface area contributed by atoms with Crippen LogP contribution in [0.5, 0.6) is 0 Å². The highest BCUT2D eigenvalue weighted by Gasteiger charge is 2.12. The lowest BCUT2D eigenvalue weighted by Gasteiger charge is -2.11. The van der Waals surface area contributed by atoms with E-state index in [0.717, 1.165) is 41.9 Å². The second-order valence-electron chi connectivity index (χ2n) is 5.36. The Labute approximate surface area is 160 Å². The molecule has 1 atom stereocenters. The number of fused-ring (bicyclic) bond motifs is 1. The third-order valence-corrected chi connectivity index (χ3v) is 4.37. The van der Waals surface area contributed by atoms with Gasteiger partial charge in [-0.05, 0) is 37.0 Å². The molecule has 0 bridgehead atoms. The van der Waals surface area contributed by atoms with E-state index in [4.69, 9.17) is 5.73 Å². The summed E-state index contributed by atoms with van der Waals surface area (Å²) in [6, 6.07) is 7.70. The third kappa shape index (κ3) is 6.16. The Morgan fingerprint density at radius 2 is 2.08 bits per heavy atom. The quantitative estimate of drug-likeness (QED) is 0.676. The first kappa shape index (κ1) is 23.1. The van der Waals surface area contributed by atoms with Gasteiger partial charge in [-0.15, -0.1) is 24.8 Å². The van der Waals surface area contributed by atoms with Gasteiger partial charge in [0.25, 0.3) is 0 Å². The topological polar surface area (TPSA) is 72.9 Å². The number of hydrogen-bond acceptors (Lipinski definition) is 4. The molecular weight excluding hydrogens is 367 g/mol. The molecule has 0 spiro atoms. The summed E-state index contributed by atoms with van der Waals surface area (Å²) < 4.78 is 2.11. The normalized spacial score (nSPS) is 11.5. The number of benzene rings is 1. The van der Waals surface area contributed by atoms with Crippen LogP contribution in [-0.2, 0) is 18.3 Å². The number of halogens is 2. The van der Waals surface area contributed by atoms with E-state index >= 15 is 0 Å². The van der Waals surface area contributed by atoms with Crippen LogP contribution in [0.1, 0.15) is 18.7 Å². The van der Waals surface area contributed by atoms with Crippen molar-refractivity contribution in [1.29, 1.82) is 0 Å². The van der Waals surface area contributed by atoms with Crippen molar-refractivity contribution < 1.29 is 4.79 Å². The minimum absolute atomic E-state index is 0. The van der Waals surface area contributed by atoms with Crippen LogP contribution < -0.4 is 11.1 Å². The van der Waals surface area contributed by atoms with E-state index in [2.05, 4.69) is 20.9 Å². The molecule has 0 fully saturated rings. The Hall–Kier alpha value is -0.950. The number of aromatic nitrogens is 2. The zero-order valence-electron chi connectivity index (χ0n) is 14.0. The van der Waals surface area contributed by atoms with Crippen LogP contribution >= 0.6 is 36.6 Å². The van der Waals surface area contributed by atoms with Gasteiger partial charge in [0, 0.05) is 20.0 Å². The summed E-state index contributed by atoms with van der Waals surface area (Å²) in [5, 5.41) is 2.90. The van der Waals surface area contributed by atoms with Crippen molar-refractivity contribution in [3.8, 4) is 0 Å². The van der Waals surface area contributed by atoms with Gasteiger partial charge in [0.15, 0.2) is 0 Å². The van der Waals surface area contributed by atoms with Crippen LogP contribution in [0.15, 0.2) is 24.3 Å². The van der Waals surface area contributed by atoms with Gasteiger partial charge in [-0.2, -0.15) is 11.8 Å². The molecule has 5 nitrogen and oxygen atoms in total. The largest absolute Gasteiger partial charge is 0.355 e. The molecule has 0 unspecified atom stereocenters. The van der Waals surface area contributed by atoms with E-state index in [1.54, 1.807) is 11.8 Å². The van der Waals surface area contributed by atoms with Crippen LogP contribution in [-0.4, -0.2) is 40.1 Å². The van der Waals surface area contributed by atoms with Crippen molar-refractivity contribution >= 4 is 53.5 Å². The van der Waals surface area contributed by atoms with E-state index in [1.807, 2.05) is 31.5 Å². The average molecular weight is 393 g/mol. The molecule has 136 valence electrons. The molecule has 1 heterocycles. The highest BCUT2D eigenvalue weighted by atomic mass is 35.5. The molecule has 0 saturated heterocycles. The van der Waals surface area contributed by atoms with Gasteiger partial charge in [0.2, 0.25) is 5.91 Å². The van der Waals surface area contributed by atoms with Gasteiger partial charge in [0.1, 0.15) is 5.82 Å². The molecule has 0 aliphatic rings. The lowest BCUT2D eigenvalue weighted by molar-refractivity contribution is -0.122. The number of aryl methyl sites for hydroxylation is 2. The molecule has 1 amide bonds. The minimum Gasteiger partial charge on any atom is -0.355 e. The number of hydrogen-bond donors (Lipinski definition) is 2. The second kappa shape index (κ2) is 11.6. The van der Waals surface area contributed by atoms with Crippen molar-refractivity contribution in [2.45, 2.75) is 25.3 Å². The number of thioether (sulfide) groups is 1. The number of imidazole rings is 1. The van der Waals surface area contributed by atoms with Crippen LogP contribution in [0.2, 0.25) is 0 Å². The number of nitrogens with one attached hydrogen (secondary N) is 1. The molecule has 24 heavy (non-hydrogen) atoms. The summed E-state index contributed by atoms with van der Waals surface area (Å²) in [6.07, 6.45) is 4.43. The molecular formula is C16H26Cl2N4OS. The highest BCUT2D eigenvalue weighted by molar-refractivity contribution is 7.98. The predicted octanol–water partition coefficient (Wildman–Crippen LogP) is 2.55. The lowest BCUT2D eigenvalue weighted by atomic mass is 10.2. The van der Waals surface area contributed by atoms with Gasteiger partial charge < -0.3 is 15.6 Å². The monoisotopic (exact) mass is 392 g/mol. The molecule has 0 aliphatic carbocycles. The predicted molar refractivity (Wildman–Crippen MR) is 108 cm³/mol. The number of para-hydroxylation sites is 2.